The number of rotatable bonds is 7. The van der Waals surface area contributed by atoms with Crippen LogP contribution in [0.3, 0.4) is 0 Å². The van der Waals surface area contributed by atoms with Gasteiger partial charge in [0.15, 0.2) is 15.6 Å². The molecule has 2 aromatic rings. The van der Waals surface area contributed by atoms with E-state index in [0.717, 1.165) is 37.7 Å². The number of carbonyl (C=O) groups is 2. The summed E-state index contributed by atoms with van der Waals surface area (Å²) in [5, 5.41) is 5.49. The molecule has 0 radical (unpaired) electrons. The van der Waals surface area contributed by atoms with E-state index in [1.807, 2.05) is 0 Å². The van der Waals surface area contributed by atoms with Crippen LogP contribution in [0.5, 0.6) is 0 Å². The van der Waals surface area contributed by atoms with E-state index in [0.29, 0.717) is 11.3 Å². The number of benzene rings is 1. The van der Waals surface area contributed by atoms with E-state index in [4.69, 9.17) is 4.42 Å². The number of carbonyl (C=O) groups excluding carboxylic acids is 2. The molecule has 3 rings (SSSR count). The Morgan fingerprint density at radius 2 is 1.73 bits per heavy atom. The zero-order valence-electron chi connectivity index (χ0n) is 17.3. The van der Waals surface area contributed by atoms with Crippen molar-refractivity contribution in [2.24, 2.45) is 5.92 Å². The average molecular weight is 433 g/mol. The van der Waals surface area contributed by atoms with Crippen molar-refractivity contribution in [1.82, 2.24) is 10.6 Å². The lowest BCUT2D eigenvalue weighted by Crippen LogP contribution is -2.50. The summed E-state index contributed by atoms with van der Waals surface area (Å²) in [4.78, 5) is 25.1. The van der Waals surface area contributed by atoms with Crippen molar-refractivity contribution in [1.29, 1.82) is 0 Å². The molecule has 0 unspecified atom stereocenters. The second kappa shape index (κ2) is 9.47. The lowest BCUT2D eigenvalue weighted by Gasteiger charge is -2.29. The third-order valence-corrected chi connectivity index (χ3v) is 6.29. The summed E-state index contributed by atoms with van der Waals surface area (Å²) >= 11 is 0. The van der Waals surface area contributed by atoms with E-state index >= 15 is 0 Å². The minimum absolute atomic E-state index is 0.0266. The Kier molecular flexibility index (Phi) is 6.97. The van der Waals surface area contributed by atoms with Crippen molar-refractivity contribution >= 4 is 21.7 Å². The quantitative estimate of drug-likeness (QED) is 0.700. The number of nitrogens with one attached hydrogen (secondary N) is 2. The molecule has 7 nitrogen and oxygen atoms in total. The molecule has 8 heteroatoms. The van der Waals surface area contributed by atoms with Gasteiger partial charge in [-0.1, -0.05) is 43.5 Å². The number of likely N-dealkylation sites (N-methyl/N-ethyl adjacent to an activating group) is 1. The highest BCUT2D eigenvalue weighted by Gasteiger charge is 2.31. The highest BCUT2D eigenvalue weighted by Crippen LogP contribution is 2.27. The molecule has 162 valence electrons. The Morgan fingerprint density at radius 1 is 1.07 bits per heavy atom. The van der Waals surface area contributed by atoms with Crippen LogP contribution >= 0.6 is 0 Å². The Morgan fingerprint density at radius 3 is 2.33 bits per heavy atom. The molecule has 0 saturated heterocycles. The molecule has 1 atom stereocenters. The van der Waals surface area contributed by atoms with Crippen LogP contribution in [0.25, 0.3) is 11.3 Å². The molecular weight excluding hydrogens is 404 g/mol. The average Bonchev–Trinajstić information content (AvgIpc) is 3.22. The van der Waals surface area contributed by atoms with Gasteiger partial charge in [-0.2, -0.15) is 0 Å². The molecule has 1 fully saturated rings. The van der Waals surface area contributed by atoms with Gasteiger partial charge in [0, 0.05) is 18.9 Å². The van der Waals surface area contributed by atoms with Crippen LogP contribution < -0.4 is 10.6 Å². The van der Waals surface area contributed by atoms with Gasteiger partial charge in [0.25, 0.3) is 5.91 Å². The van der Waals surface area contributed by atoms with Gasteiger partial charge in [0.1, 0.15) is 11.8 Å². The zero-order chi connectivity index (χ0) is 21.7. The van der Waals surface area contributed by atoms with E-state index in [1.54, 1.807) is 43.4 Å². The standard InChI is InChI=1S/C22H28N2O5S/c1-23-22(26)20(17-6-4-3-5-7-17)24-21(25)19-13-12-18(29-19)16-10-8-15(9-11-16)14-30(2,27)28/h8-13,17,20H,3-7,14H2,1-2H3,(H,23,26)(H,24,25)/t20-/m0/s1. The largest absolute Gasteiger partial charge is 0.451 e. The lowest BCUT2D eigenvalue weighted by molar-refractivity contribution is -0.124. The first-order valence-corrected chi connectivity index (χ1v) is 12.2. The number of amides is 2. The molecule has 1 aromatic heterocycles. The molecule has 1 aliphatic carbocycles. The Bertz CT molecular complexity index is 989. The van der Waals surface area contributed by atoms with Crippen LogP contribution in [-0.2, 0) is 20.4 Å². The summed E-state index contributed by atoms with van der Waals surface area (Å²) in [5.41, 5.74) is 1.42. The third-order valence-electron chi connectivity index (χ3n) is 5.43. The Labute approximate surface area is 177 Å². The van der Waals surface area contributed by atoms with Gasteiger partial charge >= 0.3 is 0 Å². The zero-order valence-corrected chi connectivity index (χ0v) is 18.1. The van der Waals surface area contributed by atoms with Gasteiger partial charge in [0.05, 0.1) is 5.75 Å². The molecule has 0 spiro atoms. The van der Waals surface area contributed by atoms with Gasteiger partial charge < -0.3 is 15.1 Å². The molecule has 2 amide bonds. The molecule has 0 aliphatic heterocycles. The summed E-state index contributed by atoms with van der Waals surface area (Å²) in [6.45, 7) is 0. The normalized spacial score (nSPS) is 16.1. The van der Waals surface area contributed by atoms with E-state index in [9.17, 15) is 18.0 Å². The molecule has 1 aromatic carbocycles. The SMILES string of the molecule is CNC(=O)[C@@H](NC(=O)c1ccc(-c2ccc(CS(C)(=O)=O)cc2)o1)C1CCCCC1. The topological polar surface area (TPSA) is 105 Å². The van der Waals surface area contributed by atoms with Gasteiger partial charge in [-0.25, -0.2) is 8.42 Å². The minimum atomic E-state index is -3.10. The minimum Gasteiger partial charge on any atom is -0.451 e. The fourth-order valence-corrected chi connectivity index (χ4v) is 4.71. The van der Waals surface area contributed by atoms with Crippen molar-refractivity contribution in [3.63, 3.8) is 0 Å². The second-order valence-electron chi connectivity index (χ2n) is 7.89. The van der Waals surface area contributed by atoms with E-state index < -0.39 is 21.8 Å². The molecule has 30 heavy (non-hydrogen) atoms. The molecule has 1 saturated carbocycles. The van der Waals surface area contributed by atoms with E-state index in [-0.39, 0.29) is 23.3 Å². The summed E-state index contributed by atoms with van der Waals surface area (Å²) in [7, 11) is -1.53. The first-order chi connectivity index (χ1) is 14.3. The van der Waals surface area contributed by atoms with Crippen LogP contribution in [0, 0.1) is 5.92 Å². The predicted octanol–water partition coefficient (Wildman–Crippen LogP) is 2.92. The Hall–Kier alpha value is -2.61. The second-order valence-corrected chi connectivity index (χ2v) is 10.0. The van der Waals surface area contributed by atoms with Crippen molar-refractivity contribution in [3.8, 4) is 11.3 Å². The van der Waals surface area contributed by atoms with Crippen LogP contribution in [0.1, 0.15) is 48.2 Å². The molecule has 2 N–H and O–H groups in total. The van der Waals surface area contributed by atoms with Crippen molar-refractivity contribution < 1.29 is 22.4 Å². The van der Waals surface area contributed by atoms with E-state index in [2.05, 4.69) is 10.6 Å². The summed E-state index contributed by atoms with van der Waals surface area (Å²) in [5.74, 6) is 0.119. The molecule has 0 bridgehead atoms. The first kappa shape index (κ1) is 22.1. The summed E-state index contributed by atoms with van der Waals surface area (Å²) in [6.07, 6.45) is 6.32. The maximum Gasteiger partial charge on any atom is 0.287 e. The highest BCUT2D eigenvalue weighted by atomic mass is 32.2. The van der Waals surface area contributed by atoms with Crippen LogP contribution in [0.15, 0.2) is 40.8 Å². The fraction of sp³-hybridized carbons (Fsp3) is 0.455. The van der Waals surface area contributed by atoms with Crippen molar-refractivity contribution in [2.45, 2.75) is 43.9 Å². The van der Waals surface area contributed by atoms with Gasteiger partial charge in [0.2, 0.25) is 5.91 Å². The number of furan rings is 1. The van der Waals surface area contributed by atoms with Gasteiger partial charge in [-0.05, 0) is 36.5 Å². The van der Waals surface area contributed by atoms with Gasteiger partial charge in [-0.3, -0.25) is 9.59 Å². The number of hydrogen-bond acceptors (Lipinski definition) is 5. The van der Waals surface area contributed by atoms with Crippen molar-refractivity contribution in [2.75, 3.05) is 13.3 Å². The third kappa shape index (κ3) is 5.72. The highest BCUT2D eigenvalue weighted by molar-refractivity contribution is 7.89. The molecule has 1 heterocycles. The predicted molar refractivity (Wildman–Crippen MR) is 115 cm³/mol. The lowest BCUT2D eigenvalue weighted by atomic mass is 9.83. The van der Waals surface area contributed by atoms with Crippen LogP contribution in [0.2, 0.25) is 0 Å². The molecule has 1 aliphatic rings. The molecular formula is C22H28N2O5S. The first-order valence-electron chi connectivity index (χ1n) is 10.2. The van der Waals surface area contributed by atoms with Gasteiger partial charge in [-0.15, -0.1) is 0 Å². The van der Waals surface area contributed by atoms with E-state index in [1.165, 1.54) is 6.26 Å². The summed E-state index contributed by atoms with van der Waals surface area (Å²) in [6, 6.07) is 9.67. The van der Waals surface area contributed by atoms with Crippen LogP contribution in [0.4, 0.5) is 0 Å². The maximum atomic E-state index is 12.7. The summed E-state index contributed by atoms with van der Waals surface area (Å²) < 4.78 is 28.5. The van der Waals surface area contributed by atoms with Crippen molar-refractivity contribution in [3.05, 3.63) is 47.7 Å². The maximum absolute atomic E-state index is 12.7. The number of hydrogen-bond donors (Lipinski definition) is 2. The monoisotopic (exact) mass is 432 g/mol. The number of sulfone groups is 1. The smallest absolute Gasteiger partial charge is 0.287 e. The van der Waals surface area contributed by atoms with Crippen LogP contribution in [-0.4, -0.2) is 39.6 Å². The Balaban J connectivity index is 1.71. The fourth-order valence-electron chi connectivity index (χ4n) is 3.92.